The Morgan fingerprint density at radius 3 is 2.85 bits per heavy atom. The molecule has 0 unspecified atom stereocenters. The van der Waals surface area contributed by atoms with Crippen molar-refractivity contribution in [3.8, 4) is 17.6 Å². The van der Waals surface area contributed by atoms with Gasteiger partial charge in [0, 0.05) is 12.5 Å². The molecule has 0 spiro atoms. The molecule has 0 saturated carbocycles. The van der Waals surface area contributed by atoms with Crippen LogP contribution in [0.25, 0.3) is 0 Å². The highest BCUT2D eigenvalue weighted by Gasteiger charge is 2.01. The van der Waals surface area contributed by atoms with E-state index in [0.29, 0.717) is 18.6 Å². The lowest BCUT2D eigenvalue weighted by Gasteiger charge is -2.04. The fourth-order valence-corrected chi connectivity index (χ4v) is 1.07. The molecule has 3 nitrogen and oxygen atoms in total. The molecule has 0 radical (unpaired) electrons. The summed E-state index contributed by atoms with van der Waals surface area (Å²) >= 11 is 0. The normalized spacial score (nSPS) is 9.23. The van der Waals surface area contributed by atoms with Crippen molar-refractivity contribution in [2.75, 3.05) is 7.11 Å². The first-order valence-electron chi connectivity index (χ1n) is 4.00. The van der Waals surface area contributed by atoms with E-state index in [1.54, 1.807) is 25.3 Å². The van der Waals surface area contributed by atoms with E-state index in [0.717, 1.165) is 5.56 Å². The largest absolute Gasteiger partial charge is 0.508 e. The number of methoxy groups -OCH3 is 1. The summed E-state index contributed by atoms with van der Waals surface area (Å²) in [5, 5.41) is 17.8. The van der Waals surface area contributed by atoms with Crippen LogP contribution in [0.1, 0.15) is 12.0 Å². The molecule has 0 aliphatic carbocycles. The number of aryl methyl sites for hydroxylation is 1. The first-order chi connectivity index (χ1) is 6.27. The summed E-state index contributed by atoms with van der Waals surface area (Å²) < 4.78 is 4.93. The van der Waals surface area contributed by atoms with Gasteiger partial charge < -0.3 is 9.84 Å². The molecule has 0 atom stereocenters. The van der Waals surface area contributed by atoms with Crippen LogP contribution in [0.5, 0.6) is 11.5 Å². The molecule has 0 amide bonds. The van der Waals surface area contributed by atoms with E-state index in [4.69, 9.17) is 10.00 Å². The third-order valence-electron chi connectivity index (χ3n) is 1.80. The standard InChI is InChI=1S/C10H11NO2/c1-13-9-5-4-8(3-2-6-11)10(12)7-9/h4-5,7,12H,2-3H2,1H3. The van der Waals surface area contributed by atoms with Crippen LogP contribution in [0.3, 0.4) is 0 Å². The lowest BCUT2D eigenvalue weighted by Crippen LogP contribution is -1.87. The first-order valence-corrected chi connectivity index (χ1v) is 4.00. The number of hydrogen-bond acceptors (Lipinski definition) is 3. The zero-order valence-electron chi connectivity index (χ0n) is 7.45. The highest BCUT2D eigenvalue weighted by atomic mass is 16.5. The fraction of sp³-hybridized carbons (Fsp3) is 0.300. The van der Waals surface area contributed by atoms with Gasteiger partial charge in [0.1, 0.15) is 11.5 Å². The molecule has 1 rings (SSSR count). The first kappa shape index (κ1) is 9.40. The van der Waals surface area contributed by atoms with Crippen LogP contribution in [0.15, 0.2) is 18.2 Å². The molecule has 0 heterocycles. The molecule has 0 bridgehead atoms. The molecule has 13 heavy (non-hydrogen) atoms. The van der Waals surface area contributed by atoms with Crippen LogP contribution in [0, 0.1) is 11.3 Å². The molecule has 0 aliphatic heterocycles. The third-order valence-corrected chi connectivity index (χ3v) is 1.80. The SMILES string of the molecule is COc1ccc(CCC#N)c(O)c1. The number of nitriles is 1. The van der Waals surface area contributed by atoms with E-state index in [9.17, 15) is 5.11 Å². The van der Waals surface area contributed by atoms with Crippen LogP contribution >= 0.6 is 0 Å². The number of aromatic hydroxyl groups is 1. The highest BCUT2D eigenvalue weighted by Crippen LogP contribution is 2.24. The van der Waals surface area contributed by atoms with Gasteiger partial charge in [-0.15, -0.1) is 0 Å². The van der Waals surface area contributed by atoms with Crippen LogP contribution in [0.2, 0.25) is 0 Å². The molecule has 1 aromatic carbocycles. The monoisotopic (exact) mass is 177 g/mol. The number of rotatable bonds is 3. The van der Waals surface area contributed by atoms with Crippen LogP contribution < -0.4 is 4.74 Å². The Balaban J connectivity index is 2.80. The van der Waals surface area contributed by atoms with Gasteiger partial charge >= 0.3 is 0 Å². The molecule has 0 fully saturated rings. The molecule has 0 aliphatic rings. The summed E-state index contributed by atoms with van der Waals surface area (Å²) in [5.74, 6) is 0.813. The smallest absolute Gasteiger partial charge is 0.122 e. The van der Waals surface area contributed by atoms with Gasteiger partial charge in [0.2, 0.25) is 0 Å². The van der Waals surface area contributed by atoms with Crippen molar-refractivity contribution in [1.82, 2.24) is 0 Å². The molecular weight excluding hydrogens is 166 g/mol. The van der Waals surface area contributed by atoms with Crippen molar-refractivity contribution in [3.05, 3.63) is 23.8 Å². The van der Waals surface area contributed by atoms with Gasteiger partial charge in [-0.05, 0) is 18.1 Å². The number of phenolic OH excluding ortho intramolecular Hbond substituents is 1. The number of benzene rings is 1. The average molecular weight is 177 g/mol. The molecule has 3 heteroatoms. The van der Waals surface area contributed by atoms with Crippen molar-refractivity contribution in [2.24, 2.45) is 0 Å². The average Bonchev–Trinajstić information content (AvgIpc) is 2.16. The number of hydrogen-bond donors (Lipinski definition) is 1. The van der Waals surface area contributed by atoms with Crippen molar-refractivity contribution < 1.29 is 9.84 Å². The summed E-state index contributed by atoms with van der Waals surface area (Å²) in [4.78, 5) is 0. The number of nitrogens with zero attached hydrogens (tertiary/aromatic N) is 1. The lowest BCUT2D eigenvalue weighted by molar-refractivity contribution is 0.406. The van der Waals surface area contributed by atoms with Gasteiger partial charge in [-0.3, -0.25) is 0 Å². The Labute approximate surface area is 77.2 Å². The number of phenols is 1. The van der Waals surface area contributed by atoms with Crippen molar-refractivity contribution in [3.63, 3.8) is 0 Å². The van der Waals surface area contributed by atoms with E-state index >= 15 is 0 Å². The lowest BCUT2D eigenvalue weighted by atomic mass is 10.1. The fourth-order valence-electron chi connectivity index (χ4n) is 1.07. The maximum Gasteiger partial charge on any atom is 0.122 e. The second-order valence-electron chi connectivity index (χ2n) is 2.65. The van der Waals surface area contributed by atoms with Gasteiger partial charge in [-0.25, -0.2) is 0 Å². The molecule has 1 N–H and O–H groups in total. The Hall–Kier alpha value is -1.69. The quantitative estimate of drug-likeness (QED) is 0.766. The Morgan fingerprint density at radius 2 is 2.31 bits per heavy atom. The Bertz CT molecular complexity index is 328. The zero-order chi connectivity index (χ0) is 9.68. The summed E-state index contributed by atoms with van der Waals surface area (Å²) in [6, 6.07) is 7.12. The van der Waals surface area contributed by atoms with Crippen molar-refractivity contribution in [1.29, 1.82) is 5.26 Å². The second kappa shape index (κ2) is 4.36. The minimum Gasteiger partial charge on any atom is -0.508 e. The Morgan fingerprint density at radius 1 is 1.54 bits per heavy atom. The maximum absolute atomic E-state index is 9.46. The summed E-state index contributed by atoms with van der Waals surface area (Å²) in [5.41, 5.74) is 0.780. The minimum atomic E-state index is 0.189. The predicted molar refractivity (Wildman–Crippen MR) is 48.6 cm³/mol. The van der Waals surface area contributed by atoms with Gasteiger partial charge in [0.25, 0.3) is 0 Å². The van der Waals surface area contributed by atoms with Crippen LogP contribution in [0.4, 0.5) is 0 Å². The molecule has 0 aromatic heterocycles. The molecule has 1 aromatic rings. The van der Waals surface area contributed by atoms with Gasteiger partial charge in [-0.1, -0.05) is 6.07 Å². The van der Waals surface area contributed by atoms with Gasteiger partial charge in [0.15, 0.2) is 0 Å². The van der Waals surface area contributed by atoms with Crippen LogP contribution in [-0.4, -0.2) is 12.2 Å². The van der Waals surface area contributed by atoms with Crippen molar-refractivity contribution >= 4 is 0 Å². The summed E-state index contributed by atoms with van der Waals surface area (Å²) in [6.07, 6.45) is 0.992. The van der Waals surface area contributed by atoms with Gasteiger partial charge in [0.05, 0.1) is 13.2 Å². The van der Waals surface area contributed by atoms with E-state index in [1.807, 2.05) is 6.07 Å². The van der Waals surface area contributed by atoms with E-state index in [-0.39, 0.29) is 5.75 Å². The topological polar surface area (TPSA) is 53.2 Å². The highest BCUT2D eigenvalue weighted by molar-refractivity contribution is 5.39. The Kier molecular flexibility index (Phi) is 3.15. The predicted octanol–water partition coefficient (Wildman–Crippen LogP) is 1.86. The minimum absolute atomic E-state index is 0.189. The van der Waals surface area contributed by atoms with E-state index < -0.39 is 0 Å². The summed E-state index contributed by atoms with van der Waals surface area (Å²) in [7, 11) is 1.55. The van der Waals surface area contributed by atoms with Gasteiger partial charge in [-0.2, -0.15) is 5.26 Å². The summed E-state index contributed by atoms with van der Waals surface area (Å²) in [6.45, 7) is 0. The van der Waals surface area contributed by atoms with E-state index in [2.05, 4.69) is 0 Å². The second-order valence-corrected chi connectivity index (χ2v) is 2.65. The molecular formula is C10H11NO2. The van der Waals surface area contributed by atoms with Crippen LogP contribution in [-0.2, 0) is 6.42 Å². The molecule has 0 saturated heterocycles. The zero-order valence-corrected chi connectivity index (χ0v) is 7.45. The molecule has 68 valence electrons. The van der Waals surface area contributed by atoms with E-state index in [1.165, 1.54) is 0 Å². The number of ether oxygens (including phenoxy) is 1. The maximum atomic E-state index is 9.46. The van der Waals surface area contributed by atoms with Crippen molar-refractivity contribution in [2.45, 2.75) is 12.8 Å². The third kappa shape index (κ3) is 2.38.